The van der Waals surface area contributed by atoms with Crippen LogP contribution in [-0.4, -0.2) is 20.9 Å². The van der Waals surface area contributed by atoms with E-state index in [0.717, 1.165) is 0 Å². The number of nitrogens with zero attached hydrogens (tertiary/aromatic N) is 2. The zero-order valence-corrected chi connectivity index (χ0v) is 10.4. The molecule has 0 radical (unpaired) electrons. The van der Waals surface area contributed by atoms with Gasteiger partial charge in [-0.05, 0) is 18.2 Å². The van der Waals surface area contributed by atoms with Crippen LogP contribution < -0.4 is 11.1 Å². The number of nitrogens with one attached hydrogen (secondary N) is 1. The smallest absolute Gasteiger partial charge is 0.258 e. The summed E-state index contributed by atoms with van der Waals surface area (Å²) in [4.78, 5) is 19.3. The van der Waals surface area contributed by atoms with Gasteiger partial charge in [-0.15, -0.1) is 0 Å². The van der Waals surface area contributed by atoms with E-state index < -0.39 is 11.7 Å². The molecule has 96 valence electrons. The van der Waals surface area contributed by atoms with E-state index in [4.69, 9.17) is 18.0 Å². The van der Waals surface area contributed by atoms with Crippen molar-refractivity contribution in [3.05, 3.63) is 53.9 Å². The van der Waals surface area contributed by atoms with Gasteiger partial charge >= 0.3 is 0 Å². The lowest BCUT2D eigenvalue weighted by Crippen LogP contribution is -2.15. The molecule has 0 aliphatic rings. The Bertz CT molecular complexity index is 633. The highest BCUT2D eigenvalue weighted by Gasteiger charge is 2.10. The second kappa shape index (κ2) is 5.49. The van der Waals surface area contributed by atoms with E-state index in [1.807, 2.05) is 0 Å². The number of amides is 1. The van der Waals surface area contributed by atoms with Crippen molar-refractivity contribution in [3.63, 3.8) is 0 Å². The molecule has 2 rings (SSSR count). The van der Waals surface area contributed by atoms with Crippen molar-refractivity contribution in [2.45, 2.75) is 0 Å². The highest BCUT2D eigenvalue weighted by atomic mass is 32.1. The Labute approximate surface area is 113 Å². The number of rotatable bonds is 3. The maximum Gasteiger partial charge on any atom is 0.258 e. The first-order valence-corrected chi connectivity index (χ1v) is 5.64. The largest absolute Gasteiger partial charge is 0.389 e. The topological polar surface area (TPSA) is 80.9 Å². The van der Waals surface area contributed by atoms with Gasteiger partial charge in [0.1, 0.15) is 17.1 Å². The molecule has 1 amide bonds. The Morgan fingerprint density at radius 1 is 1.26 bits per heavy atom. The van der Waals surface area contributed by atoms with Gasteiger partial charge in [-0.1, -0.05) is 12.2 Å². The first-order valence-electron chi connectivity index (χ1n) is 5.23. The minimum Gasteiger partial charge on any atom is -0.389 e. The molecule has 0 unspecified atom stereocenters. The van der Waals surface area contributed by atoms with Crippen LogP contribution in [0.3, 0.4) is 0 Å². The molecule has 5 nitrogen and oxygen atoms in total. The molecule has 19 heavy (non-hydrogen) atoms. The lowest BCUT2D eigenvalue weighted by atomic mass is 10.2. The maximum atomic E-state index is 13.7. The van der Waals surface area contributed by atoms with Gasteiger partial charge in [-0.25, -0.2) is 14.4 Å². The van der Waals surface area contributed by atoms with Gasteiger partial charge in [-0.2, -0.15) is 0 Å². The lowest BCUT2D eigenvalue weighted by Gasteiger charge is -2.07. The Hall–Kier alpha value is -2.41. The Morgan fingerprint density at radius 3 is 2.53 bits per heavy atom. The first-order chi connectivity index (χ1) is 9.08. The average Bonchev–Trinajstić information content (AvgIpc) is 2.41. The summed E-state index contributed by atoms with van der Waals surface area (Å²) in [7, 11) is 0. The van der Waals surface area contributed by atoms with Gasteiger partial charge in [0.05, 0.1) is 11.3 Å². The first kappa shape index (κ1) is 13.0. The molecule has 2 aromatic rings. The van der Waals surface area contributed by atoms with E-state index in [1.165, 1.54) is 36.9 Å². The second-order valence-corrected chi connectivity index (χ2v) is 4.08. The molecule has 1 aromatic heterocycles. The normalized spacial score (nSPS) is 9.95. The average molecular weight is 276 g/mol. The molecule has 0 atom stereocenters. The fraction of sp³-hybridized carbons (Fsp3) is 0. The van der Waals surface area contributed by atoms with E-state index in [9.17, 15) is 9.18 Å². The number of nitrogens with two attached hydrogens (primary N) is 1. The van der Waals surface area contributed by atoms with Crippen LogP contribution in [0.25, 0.3) is 0 Å². The molecule has 1 heterocycles. The van der Waals surface area contributed by atoms with E-state index in [0.29, 0.717) is 5.56 Å². The van der Waals surface area contributed by atoms with Crippen molar-refractivity contribution in [1.29, 1.82) is 0 Å². The summed E-state index contributed by atoms with van der Waals surface area (Å²) in [6.07, 6.45) is 3.97. The monoisotopic (exact) mass is 276 g/mol. The minimum absolute atomic E-state index is 0.0360. The van der Waals surface area contributed by atoms with Crippen LogP contribution in [-0.2, 0) is 0 Å². The summed E-state index contributed by atoms with van der Waals surface area (Å²) in [6.45, 7) is 0. The number of anilines is 1. The molecule has 0 saturated carbocycles. The number of hydrogen-bond donors (Lipinski definition) is 2. The van der Waals surface area contributed by atoms with Gasteiger partial charge in [-0.3, -0.25) is 4.79 Å². The van der Waals surface area contributed by atoms with E-state index in [-0.39, 0.29) is 16.2 Å². The number of benzene rings is 1. The summed E-state index contributed by atoms with van der Waals surface area (Å²) in [6, 6.07) is 4.09. The van der Waals surface area contributed by atoms with Crippen molar-refractivity contribution in [3.8, 4) is 0 Å². The highest BCUT2D eigenvalue weighted by molar-refractivity contribution is 7.80. The third kappa shape index (κ3) is 3.08. The zero-order chi connectivity index (χ0) is 13.8. The number of hydrogen-bond acceptors (Lipinski definition) is 4. The van der Waals surface area contributed by atoms with Crippen molar-refractivity contribution < 1.29 is 9.18 Å². The molecule has 0 spiro atoms. The van der Waals surface area contributed by atoms with Gasteiger partial charge in [0.2, 0.25) is 0 Å². The van der Waals surface area contributed by atoms with Crippen LogP contribution in [0, 0.1) is 5.82 Å². The molecule has 0 aliphatic heterocycles. The summed E-state index contributed by atoms with van der Waals surface area (Å²) < 4.78 is 13.7. The van der Waals surface area contributed by atoms with Crippen molar-refractivity contribution in [1.82, 2.24) is 9.97 Å². The van der Waals surface area contributed by atoms with Crippen LogP contribution in [0.4, 0.5) is 10.1 Å². The van der Waals surface area contributed by atoms with Crippen LogP contribution >= 0.6 is 12.2 Å². The zero-order valence-electron chi connectivity index (χ0n) is 9.63. The predicted octanol–water partition coefficient (Wildman–Crippen LogP) is 1.50. The molecule has 3 N–H and O–H groups in total. The predicted molar refractivity (Wildman–Crippen MR) is 72.3 cm³/mol. The molecule has 7 heteroatoms. The number of thiocarbonyl (C=S) groups is 1. The van der Waals surface area contributed by atoms with Crippen LogP contribution in [0.2, 0.25) is 0 Å². The van der Waals surface area contributed by atoms with Crippen molar-refractivity contribution in [2.24, 2.45) is 5.73 Å². The second-order valence-electron chi connectivity index (χ2n) is 3.64. The Morgan fingerprint density at radius 2 is 1.95 bits per heavy atom. The third-order valence-electron chi connectivity index (χ3n) is 2.32. The van der Waals surface area contributed by atoms with Crippen LogP contribution in [0.1, 0.15) is 15.9 Å². The molecule has 0 saturated heterocycles. The molecular weight excluding hydrogens is 267 g/mol. The standard InChI is InChI=1S/C12H9FN4OS/c13-9-3-7(11(14)19)1-2-10(9)17-12(18)8-4-15-6-16-5-8/h1-6H,(H2,14,19)(H,17,18). The molecule has 0 aliphatic carbocycles. The van der Waals surface area contributed by atoms with Gasteiger partial charge in [0.25, 0.3) is 5.91 Å². The summed E-state index contributed by atoms with van der Waals surface area (Å²) in [5, 5.41) is 2.41. The molecule has 0 bridgehead atoms. The molecule has 0 fully saturated rings. The fourth-order valence-electron chi connectivity index (χ4n) is 1.38. The number of aromatic nitrogens is 2. The number of carbonyl (C=O) groups excluding carboxylic acids is 1. The summed E-state index contributed by atoms with van der Waals surface area (Å²) in [5.74, 6) is -1.11. The SMILES string of the molecule is NC(=S)c1ccc(NC(=O)c2cncnc2)c(F)c1. The number of halogens is 1. The van der Waals surface area contributed by atoms with Crippen LogP contribution in [0.15, 0.2) is 36.9 Å². The highest BCUT2D eigenvalue weighted by Crippen LogP contribution is 2.16. The summed E-state index contributed by atoms with van der Waals surface area (Å²) >= 11 is 4.74. The number of carbonyl (C=O) groups is 1. The molecule has 1 aromatic carbocycles. The lowest BCUT2D eigenvalue weighted by molar-refractivity contribution is 0.102. The van der Waals surface area contributed by atoms with Crippen molar-refractivity contribution in [2.75, 3.05) is 5.32 Å². The van der Waals surface area contributed by atoms with Gasteiger partial charge in [0.15, 0.2) is 0 Å². The van der Waals surface area contributed by atoms with E-state index >= 15 is 0 Å². The quantitative estimate of drug-likeness (QED) is 0.830. The van der Waals surface area contributed by atoms with E-state index in [1.54, 1.807) is 0 Å². The van der Waals surface area contributed by atoms with Crippen molar-refractivity contribution >= 4 is 28.8 Å². The van der Waals surface area contributed by atoms with Crippen LogP contribution in [0.5, 0.6) is 0 Å². The van der Waals surface area contributed by atoms with E-state index in [2.05, 4.69) is 15.3 Å². The maximum absolute atomic E-state index is 13.7. The minimum atomic E-state index is -0.615. The Kier molecular flexibility index (Phi) is 3.76. The summed E-state index contributed by atoms with van der Waals surface area (Å²) in [5.41, 5.74) is 6.06. The Balaban J connectivity index is 2.20. The third-order valence-corrected chi connectivity index (χ3v) is 2.56. The fourth-order valence-corrected chi connectivity index (χ4v) is 1.51. The molecular formula is C12H9FN4OS. The van der Waals surface area contributed by atoms with Gasteiger partial charge < -0.3 is 11.1 Å². The van der Waals surface area contributed by atoms with Gasteiger partial charge in [0, 0.05) is 18.0 Å².